The zero-order valence-corrected chi connectivity index (χ0v) is 16.6. The minimum atomic E-state index is -1.60. The standard InChI is InChI=1S/C13H24IOPS2/c1-9(2)12(3,4)10-6-7-13(5)11(8-10)18-16(14,17)15-13/h9-11H,6-8H2,1-5H3/t10-,11+,13+,16+/m1/s1. The van der Waals surface area contributed by atoms with Crippen LogP contribution in [0.4, 0.5) is 0 Å². The maximum atomic E-state index is 6.24. The number of hydrogen-bond donors (Lipinski definition) is 0. The van der Waals surface area contributed by atoms with Crippen molar-refractivity contribution in [1.29, 1.82) is 0 Å². The van der Waals surface area contributed by atoms with Crippen molar-refractivity contribution < 1.29 is 4.52 Å². The number of halogens is 1. The lowest BCUT2D eigenvalue weighted by atomic mass is 9.63. The van der Waals surface area contributed by atoms with Crippen LogP contribution in [-0.2, 0) is 16.3 Å². The molecule has 0 aromatic carbocycles. The Morgan fingerprint density at radius 2 is 2.11 bits per heavy atom. The number of hydrogen-bond acceptors (Lipinski definition) is 3. The van der Waals surface area contributed by atoms with E-state index in [9.17, 15) is 0 Å². The minimum absolute atomic E-state index is 0.0605. The van der Waals surface area contributed by atoms with Gasteiger partial charge in [-0.25, -0.2) is 0 Å². The van der Waals surface area contributed by atoms with E-state index in [1.165, 1.54) is 19.3 Å². The fourth-order valence-corrected chi connectivity index (χ4v) is 12.7. The molecule has 2 rings (SSSR count). The molecule has 1 saturated heterocycles. The predicted molar refractivity (Wildman–Crippen MR) is 95.1 cm³/mol. The molecule has 0 spiro atoms. The van der Waals surface area contributed by atoms with E-state index < -0.39 is 3.11 Å². The van der Waals surface area contributed by atoms with E-state index in [2.05, 4.69) is 56.7 Å². The van der Waals surface area contributed by atoms with Gasteiger partial charge >= 0.3 is 0 Å². The minimum Gasteiger partial charge on any atom is -0.327 e. The summed E-state index contributed by atoms with van der Waals surface area (Å²) >= 11 is 9.98. The zero-order chi connectivity index (χ0) is 13.8. The first kappa shape index (κ1) is 16.1. The van der Waals surface area contributed by atoms with Gasteiger partial charge in [-0.3, -0.25) is 0 Å². The number of fused-ring (bicyclic) bond motifs is 1. The molecular weight excluding hydrogens is 394 g/mol. The summed E-state index contributed by atoms with van der Waals surface area (Å²) in [6.45, 7) is 11.9. The monoisotopic (exact) mass is 418 g/mol. The molecule has 0 aromatic rings. The second-order valence-corrected chi connectivity index (χ2v) is 21.1. The van der Waals surface area contributed by atoms with Crippen LogP contribution in [0.2, 0.25) is 0 Å². The molecule has 106 valence electrons. The van der Waals surface area contributed by atoms with E-state index in [4.69, 9.17) is 16.3 Å². The SMILES string of the molecule is CC(C)C(C)(C)[C@@H]1CC[C@]2(C)O[P@](=S)(I)S[C@H]2C1. The van der Waals surface area contributed by atoms with Crippen molar-refractivity contribution >= 4 is 48.3 Å². The molecule has 0 unspecified atom stereocenters. The van der Waals surface area contributed by atoms with E-state index >= 15 is 0 Å². The zero-order valence-electron chi connectivity index (χ0n) is 11.9. The molecule has 18 heavy (non-hydrogen) atoms. The van der Waals surface area contributed by atoms with Crippen molar-refractivity contribution in [3.63, 3.8) is 0 Å². The van der Waals surface area contributed by atoms with E-state index in [0.717, 1.165) is 11.8 Å². The van der Waals surface area contributed by atoms with Crippen LogP contribution in [0.1, 0.15) is 53.9 Å². The van der Waals surface area contributed by atoms with Crippen molar-refractivity contribution in [3.8, 4) is 0 Å². The van der Waals surface area contributed by atoms with E-state index in [1.807, 2.05) is 11.4 Å². The van der Waals surface area contributed by atoms with E-state index in [0.29, 0.717) is 10.7 Å². The van der Waals surface area contributed by atoms with Crippen molar-refractivity contribution in [3.05, 3.63) is 0 Å². The van der Waals surface area contributed by atoms with E-state index in [1.54, 1.807) is 0 Å². The Balaban J connectivity index is 2.15. The largest absolute Gasteiger partial charge is 0.327 e. The third-order valence-electron chi connectivity index (χ3n) is 5.28. The first-order chi connectivity index (χ1) is 8.07. The second kappa shape index (κ2) is 5.15. The highest BCUT2D eigenvalue weighted by atomic mass is 127. The first-order valence-electron chi connectivity index (χ1n) is 6.76. The van der Waals surface area contributed by atoms with Crippen LogP contribution in [0.15, 0.2) is 0 Å². The lowest BCUT2D eigenvalue weighted by Gasteiger charge is -2.46. The Bertz CT molecular complexity index is 385. The molecule has 2 aliphatic rings. The van der Waals surface area contributed by atoms with Gasteiger partial charge in [0, 0.05) is 27.3 Å². The van der Waals surface area contributed by atoms with Gasteiger partial charge < -0.3 is 4.52 Å². The summed E-state index contributed by atoms with van der Waals surface area (Å²) in [5.74, 6) is 1.55. The van der Waals surface area contributed by atoms with E-state index in [-0.39, 0.29) is 5.60 Å². The lowest BCUT2D eigenvalue weighted by molar-refractivity contribution is 0.0170. The molecule has 0 N–H and O–H groups in total. The maximum absolute atomic E-state index is 6.24. The first-order valence-corrected chi connectivity index (χ1v) is 13.7. The average Bonchev–Trinajstić information content (AvgIpc) is 2.44. The van der Waals surface area contributed by atoms with Crippen molar-refractivity contribution in [2.45, 2.75) is 64.7 Å². The van der Waals surface area contributed by atoms with Crippen LogP contribution in [0, 0.1) is 17.3 Å². The second-order valence-electron chi connectivity index (χ2n) is 6.88. The smallest absolute Gasteiger partial charge is 0.178 e. The van der Waals surface area contributed by atoms with Crippen molar-refractivity contribution in [2.75, 3.05) is 0 Å². The van der Waals surface area contributed by atoms with Gasteiger partial charge in [-0.05, 0) is 55.2 Å². The highest BCUT2D eigenvalue weighted by molar-refractivity contribution is 14.2. The summed E-state index contributed by atoms with van der Waals surface area (Å²) in [6, 6.07) is 0. The molecule has 1 saturated carbocycles. The van der Waals surface area contributed by atoms with Gasteiger partial charge in [0.1, 0.15) is 0 Å². The van der Waals surface area contributed by atoms with Gasteiger partial charge in [0.2, 0.25) is 0 Å². The molecule has 1 nitrogen and oxygen atoms in total. The molecule has 1 heterocycles. The van der Waals surface area contributed by atoms with Gasteiger partial charge in [0.05, 0.1) is 5.60 Å². The number of rotatable bonds is 2. The van der Waals surface area contributed by atoms with Gasteiger partial charge in [-0.15, -0.1) is 0 Å². The summed E-state index contributed by atoms with van der Waals surface area (Å²) in [6.07, 6.45) is 3.77. The molecule has 1 aliphatic heterocycles. The normalized spacial score (nSPS) is 45.3. The summed E-state index contributed by atoms with van der Waals surface area (Å²) in [5, 5.41) is 0.622. The topological polar surface area (TPSA) is 9.23 Å². The van der Waals surface area contributed by atoms with Crippen molar-refractivity contribution in [1.82, 2.24) is 0 Å². The van der Waals surface area contributed by atoms with Gasteiger partial charge in [0.15, 0.2) is 3.11 Å². The molecule has 0 amide bonds. The highest BCUT2D eigenvalue weighted by Gasteiger charge is 2.53. The Kier molecular flexibility index (Phi) is 4.60. The van der Waals surface area contributed by atoms with Crippen LogP contribution in [0.5, 0.6) is 0 Å². The fraction of sp³-hybridized carbons (Fsp3) is 1.00. The lowest BCUT2D eigenvalue weighted by Crippen LogP contribution is -2.44. The van der Waals surface area contributed by atoms with Gasteiger partial charge in [-0.1, -0.05) is 39.1 Å². The fourth-order valence-electron chi connectivity index (χ4n) is 3.08. The van der Waals surface area contributed by atoms with Crippen LogP contribution in [0.25, 0.3) is 0 Å². The average molecular weight is 418 g/mol. The van der Waals surface area contributed by atoms with Crippen molar-refractivity contribution in [2.24, 2.45) is 17.3 Å². The summed E-state index contributed by atoms with van der Waals surface area (Å²) in [5.41, 5.74) is 0.489. The molecule has 0 radical (unpaired) electrons. The quantitative estimate of drug-likeness (QED) is 0.401. The summed E-state index contributed by atoms with van der Waals surface area (Å²) in [7, 11) is 0. The molecule has 0 bridgehead atoms. The third kappa shape index (κ3) is 2.98. The molecule has 5 heteroatoms. The van der Waals surface area contributed by atoms with Crippen LogP contribution < -0.4 is 0 Å². The Morgan fingerprint density at radius 3 is 2.67 bits per heavy atom. The molecule has 2 fully saturated rings. The maximum Gasteiger partial charge on any atom is 0.178 e. The van der Waals surface area contributed by atoms with Gasteiger partial charge in [-0.2, -0.15) is 0 Å². The molecular formula is C13H24IOPS2. The highest BCUT2D eigenvalue weighted by Crippen LogP contribution is 2.79. The third-order valence-corrected chi connectivity index (χ3v) is 12.5. The molecule has 1 aliphatic carbocycles. The summed E-state index contributed by atoms with van der Waals surface area (Å²) in [4.78, 5) is 0. The van der Waals surface area contributed by atoms with Crippen LogP contribution in [0.3, 0.4) is 0 Å². The summed E-state index contributed by atoms with van der Waals surface area (Å²) < 4.78 is 4.64. The molecule has 0 aromatic heterocycles. The molecule has 4 atom stereocenters. The Hall–Kier alpha value is 1.69. The van der Waals surface area contributed by atoms with Crippen LogP contribution in [-0.4, -0.2) is 10.9 Å². The van der Waals surface area contributed by atoms with Gasteiger partial charge in [0.25, 0.3) is 0 Å². The predicted octanol–water partition coefficient (Wildman–Crippen LogP) is 6.02. The van der Waals surface area contributed by atoms with Crippen LogP contribution >= 0.6 is 36.5 Å². The Morgan fingerprint density at radius 1 is 1.50 bits per heavy atom. The Labute approximate surface area is 134 Å².